The molecule has 3 aliphatic rings. The SMILES string of the molecule is CCOC(=O)C1=C(c2ccccc2)N=C2SC=C(CC(=O)N3CCN(C(C)=O)CC3)N2[C@H]1c1ccc(OC)cc1OC. The van der Waals surface area contributed by atoms with Crippen molar-refractivity contribution in [2.75, 3.05) is 47.0 Å². The Morgan fingerprint density at radius 1 is 0.976 bits per heavy atom. The number of carbonyl (C=O) groups excluding carboxylic acids is 3. The number of nitrogens with zero attached hydrogens (tertiary/aromatic N) is 4. The maximum absolute atomic E-state index is 13.8. The summed E-state index contributed by atoms with van der Waals surface area (Å²) in [6, 6.07) is 14.3. The standard InChI is InChI=1S/C31H34N4O6S/c1-5-41-30(38)27-28(21-9-7-6-8-10-21)32-31-35(29(27)24-12-11-23(39-3)18-25(24)40-4)22(19-42-31)17-26(37)34-15-13-33(14-16-34)20(2)36/h6-12,18-19,29H,5,13-17H2,1-4H3/t29-/m0/s1. The molecular weight excluding hydrogens is 556 g/mol. The molecule has 5 rings (SSSR count). The van der Waals surface area contributed by atoms with E-state index in [9.17, 15) is 14.4 Å². The van der Waals surface area contributed by atoms with Gasteiger partial charge in [0.05, 0.1) is 44.6 Å². The van der Waals surface area contributed by atoms with Crippen molar-refractivity contribution >= 4 is 40.4 Å². The van der Waals surface area contributed by atoms with Crippen molar-refractivity contribution in [3.05, 3.63) is 76.3 Å². The Morgan fingerprint density at radius 2 is 1.69 bits per heavy atom. The highest BCUT2D eigenvalue weighted by molar-refractivity contribution is 8.16. The summed E-state index contributed by atoms with van der Waals surface area (Å²) in [5.74, 6) is 0.594. The predicted molar refractivity (Wildman–Crippen MR) is 161 cm³/mol. The van der Waals surface area contributed by atoms with E-state index in [-0.39, 0.29) is 24.8 Å². The first-order valence-electron chi connectivity index (χ1n) is 13.8. The third kappa shape index (κ3) is 5.74. The predicted octanol–water partition coefficient (Wildman–Crippen LogP) is 4.06. The Morgan fingerprint density at radius 3 is 2.33 bits per heavy atom. The summed E-state index contributed by atoms with van der Waals surface area (Å²) in [6.45, 7) is 5.46. The zero-order chi connectivity index (χ0) is 29.8. The van der Waals surface area contributed by atoms with Crippen molar-refractivity contribution in [1.29, 1.82) is 0 Å². The second kappa shape index (κ2) is 12.7. The van der Waals surface area contributed by atoms with E-state index in [1.54, 1.807) is 43.9 Å². The maximum Gasteiger partial charge on any atom is 0.338 e. The number of methoxy groups -OCH3 is 2. The molecule has 0 radical (unpaired) electrons. The molecule has 1 atom stereocenters. The number of ether oxygens (including phenoxy) is 3. The number of rotatable bonds is 8. The van der Waals surface area contributed by atoms with Gasteiger partial charge in [0.2, 0.25) is 11.8 Å². The molecule has 11 heteroatoms. The fourth-order valence-electron chi connectivity index (χ4n) is 5.36. The molecule has 10 nitrogen and oxygen atoms in total. The molecule has 1 saturated heterocycles. The highest BCUT2D eigenvalue weighted by Crippen LogP contribution is 2.49. The van der Waals surface area contributed by atoms with Crippen molar-refractivity contribution < 1.29 is 28.6 Å². The molecule has 3 aliphatic heterocycles. The molecule has 0 unspecified atom stereocenters. The van der Waals surface area contributed by atoms with Crippen LogP contribution in [-0.2, 0) is 19.1 Å². The van der Waals surface area contributed by atoms with Crippen molar-refractivity contribution in [2.24, 2.45) is 4.99 Å². The Hall–Kier alpha value is -4.25. The molecule has 0 aromatic heterocycles. The molecule has 0 saturated carbocycles. The van der Waals surface area contributed by atoms with Gasteiger partial charge in [0.15, 0.2) is 5.17 Å². The minimum atomic E-state index is -0.684. The van der Waals surface area contributed by atoms with Gasteiger partial charge >= 0.3 is 5.97 Å². The van der Waals surface area contributed by atoms with Crippen molar-refractivity contribution in [3.8, 4) is 11.5 Å². The lowest BCUT2D eigenvalue weighted by Gasteiger charge is -2.38. The van der Waals surface area contributed by atoms with Crippen LogP contribution in [0.3, 0.4) is 0 Å². The van der Waals surface area contributed by atoms with E-state index >= 15 is 0 Å². The number of amides is 2. The summed E-state index contributed by atoms with van der Waals surface area (Å²) in [5, 5.41) is 2.57. The molecule has 2 aromatic rings. The van der Waals surface area contributed by atoms with Gasteiger partial charge in [0.25, 0.3) is 0 Å². The number of benzene rings is 2. The van der Waals surface area contributed by atoms with Crippen LogP contribution in [-0.4, -0.2) is 84.7 Å². The number of esters is 1. The van der Waals surface area contributed by atoms with Crippen LogP contribution in [0.1, 0.15) is 37.4 Å². The molecule has 1 fully saturated rings. The molecule has 0 aliphatic carbocycles. The second-order valence-corrected chi connectivity index (χ2v) is 10.8. The molecule has 2 aromatic carbocycles. The lowest BCUT2D eigenvalue weighted by Crippen LogP contribution is -2.50. The van der Waals surface area contributed by atoms with Crippen molar-refractivity contribution in [2.45, 2.75) is 26.3 Å². The van der Waals surface area contributed by atoms with Crippen LogP contribution in [0.15, 0.2) is 70.2 Å². The molecule has 3 heterocycles. The number of thioether (sulfide) groups is 1. The third-order valence-corrected chi connectivity index (χ3v) is 8.39. The van der Waals surface area contributed by atoms with Crippen LogP contribution in [0.5, 0.6) is 11.5 Å². The average Bonchev–Trinajstić information content (AvgIpc) is 3.42. The zero-order valence-corrected chi connectivity index (χ0v) is 25.0. The van der Waals surface area contributed by atoms with Gasteiger partial charge in [0.1, 0.15) is 11.5 Å². The number of piperazine rings is 1. The van der Waals surface area contributed by atoms with Gasteiger partial charge in [-0.25, -0.2) is 9.79 Å². The Kier molecular flexibility index (Phi) is 8.86. The zero-order valence-electron chi connectivity index (χ0n) is 24.2. The van der Waals surface area contributed by atoms with E-state index in [1.165, 1.54) is 11.8 Å². The van der Waals surface area contributed by atoms with Gasteiger partial charge in [-0.3, -0.25) is 9.59 Å². The van der Waals surface area contributed by atoms with Crippen LogP contribution < -0.4 is 9.47 Å². The fraction of sp³-hybridized carbons (Fsp3) is 0.355. The summed E-state index contributed by atoms with van der Waals surface area (Å²) in [5.41, 5.74) is 3.06. The van der Waals surface area contributed by atoms with Gasteiger partial charge in [-0.05, 0) is 24.5 Å². The van der Waals surface area contributed by atoms with Crippen LogP contribution >= 0.6 is 11.8 Å². The lowest BCUT2D eigenvalue weighted by atomic mass is 9.90. The largest absolute Gasteiger partial charge is 0.497 e. The van der Waals surface area contributed by atoms with Crippen LogP contribution in [0.4, 0.5) is 0 Å². The molecule has 220 valence electrons. The number of fused-ring (bicyclic) bond motifs is 1. The summed E-state index contributed by atoms with van der Waals surface area (Å²) < 4.78 is 16.8. The summed E-state index contributed by atoms with van der Waals surface area (Å²) >= 11 is 1.41. The van der Waals surface area contributed by atoms with Crippen molar-refractivity contribution in [3.63, 3.8) is 0 Å². The Bertz CT molecular complexity index is 1460. The smallest absolute Gasteiger partial charge is 0.338 e. The highest BCUT2D eigenvalue weighted by Gasteiger charge is 2.44. The first kappa shape index (κ1) is 29.2. The van der Waals surface area contributed by atoms with E-state index in [1.807, 2.05) is 52.8 Å². The molecule has 0 N–H and O–H groups in total. The molecule has 0 spiro atoms. The summed E-state index contributed by atoms with van der Waals surface area (Å²) in [7, 11) is 3.15. The van der Waals surface area contributed by atoms with Gasteiger partial charge in [0, 0.05) is 56.0 Å². The average molecular weight is 591 g/mol. The van der Waals surface area contributed by atoms with Gasteiger partial charge in [-0.1, -0.05) is 42.1 Å². The number of carbonyl (C=O) groups is 3. The minimum absolute atomic E-state index is 0.00922. The summed E-state index contributed by atoms with van der Waals surface area (Å²) in [6.07, 6.45) is 0.109. The number of amidine groups is 1. The fourth-order valence-corrected chi connectivity index (χ4v) is 6.28. The van der Waals surface area contributed by atoms with E-state index in [2.05, 4.69) is 0 Å². The maximum atomic E-state index is 13.8. The Balaban J connectivity index is 1.58. The second-order valence-electron chi connectivity index (χ2n) is 9.91. The van der Waals surface area contributed by atoms with E-state index in [0.29, 0.717) is 59.7 Å². The van der Waals surface area contributed by atoms with E-state index in [4.69, 9.17) is 19.2 Å². The van der Waals surface area contributed by atoms with E-state index < -0.39 is 12.0 Å². The molecule has 2 amide bonds. The van der Waals surface area contributed by atoms with Crippen LogP contribution in [0.25, 0.3) is 5.70 Å². The number of hydrogen-bond donors (Lipinski definition) is 0. The quantitative estimate of drug-likeness (QED) is 0.425. The topological polar surface area (TPSA) is 101 Å². The lowest BCUT2D eigenvalue weighted by molar-refractivity contribution is -0.139. The van der Waals surface area contributed by atoms with Gasteiger partial charge < -0.3 is 28.9 Å². The van der Waals surface area contributed by atoms with Crippen LogP contribution in [0.2, 0.25) is 0 Å². The monoisotopic (exact) mass is 590 g/mol. The third-order valence-electron chi connectivity index (χ3n) is 7.50. The first-order chi connectivity index (χ1) is 20.4. The Labute approximate surface area is 249 Å². The molecular formula is C31H34N4O6S. The van der Waals surface area contributed by atoms with Gasteiger partial charge in [-0.15, -0.1) is 0 Å². The summed E-state index contributed by atoms with van der Waals surface area (Å²) in [4.78, 5) is 49.5. The number of aliphatic imine (C=N–C) groups is 1. The van der Waals surface area contributed by atoms with Crippen molar-refractivity contribution in [1.82, 2.24) is 14.7 Å². The van der Waals surface area contributed by atoms with E-state index in [0.717, 1.165) is 11.3 Å². The molecule has 0 bridgehead atoms. The van der Waals surface area contributed by atoms with Crippen LogP contribution in [0, 0.1) is 0 Å². The molecule has 42 heavy (non-hydrogen) atoms. The number of hydrogen-bond acceptors (Lipinski definition) is 9. The highest BCUT2D eigenvalue weighted by atomic mass is 32.2. The van der Waals surface area contributed by atoms with Gasteiger partial charge in [-0.2, -0.15) is 0 Å². The normalized spacial score (nSPS) is 18.3. The minimum Gasteiger partial charge on any atom is -0.497 e. The first-order valence-corrected chi connectivity index (χ1v) is 14.7.